The molecule has 1 unspecified atom stereocenters. The van der Waals surface area contributed by atoms with Crippen LogP contribution in [0.5, 0.6) is 0 Å². The molecule has 0 amide bonds. The quantitative estimate of drug-likeness (QED) is 0.0265. The number of ether oxygens (including phenoxy) is 3. The molecule has 0 saturated carbocycles. The summed E-state index contributed by atoms with van der Waals surface area (Å²) >= 11 is 0. The van der Waals surface area contributed by atoms with Gasteiger partial charge in [-0.3, -0.25) is 14.4 Å². The normalized spacial score (nSPS) is 12.3. The van der Waals surface area contributed by atoms with Gasteiger partial charge in [-0.25, -0.2) is 0 Å². The highest BCUT2D eigenvalue weighted by Gasteiger charge is 2.19. The first-order chi connectivity index (χ1) is 27.5. The molecule has 326 valence electrons. The summed E-state index contributed by atoms with van der Waals surface area (Å²) in [4.78, 5) is 37.7. The average Bonchev–Trinajstić information content (AvgIpc) is 3.19. The molecular weight excluding hydrogens is 697 g/mol. The van der Waals surface area contributed by atoms with E-state index in [0.717, 1.165) is 70.6 Å². The third-order valence-electron chi connectivity index (χ3n) is 10.4. The Morgan fingerprint density at radius 1 is 0.357 bits per heavy atom. The van der Waals surface area contributed by atoms with Crippen LogP contribution in [0.15, 0.2) is 36.5 Å². The van der Waals surface area contributed by atoms with Crippen LogP contribution in [0.25, 0.3) is 0 Å². The zero-order chi connectivity index (χ0) is 40.8. The van der Waals surface area contributed by atoms with Crippen molar-refractivity contribution in [1.29, 1.82) is 0 Å². The van der Waals surface area contributed by atoms with Crippen molar-refractivity contribution in [3.05, 3.63) is 36.5 Å². The molecule has 0 aromatic carbocycles. The van der Waals surface area contributed by atoms with Crippen molar-refractivity contribution in [2.75, 3.05) is 13.2 Å². The summed E-state index contributed by atoms with van der Waals surface area (Å²) in [6, 6.07) is 0. The molecule has 0 bridgehead atoms. The summed E-state index contributed by atoms with van der Waals surface area (Å²) in [5.74, 6) is -0.922. The van der Waals surface area contributed by atoms with Crippen molar-refractivity contribution in [3.8, 4) is 0 Å². The lowest BCUT2D eigenvalue weighted by atomic mass is 10.0. The molecule has 0 aromatic heterocycles. The molecule has 0 fully saturated rings. The van der Waals surface area contributed by atoms with Gasteiger partial charge in [0.25, 0.3) is 0 Å². The van der Waals surface area contributed by atoms with Crippen molar-refractivity contribution < 1.29 is 28.6 Å². The van der Waals surface area contributed by atoms with E-state index < -0.39 is 6.10 Å². The van der Waals surface area contributed by atoms with Gasteiger partial charge in [0.15, 0.2) is 6.10 Å². The van der Waals surface area contributed by atoms with Gasteiger partial charge in [0.1, 0.15) is 13.2 Å². The molecule has 56 heavy (non-hydrogen) atoms. The Morgan fingerprint density at radius 3 is 1.12 bits per heavy atom. The van der Waals surface area contributed by atoms with Crippen LogP contribution in [0.3, 0.4) is 0 Å². The first-order valence-electron chi connectivity index (χ1n) is 24.0. The van der Waals surface area contributed by atoms with Gasteiger partial charge in [-0.15, -0.1) is 0 Å². The van der Waals surface area contributed by atoms with Gasteiger partial charge in [-0.1, -0.05) is 192 Å². The van der Waals surface area contributed by atoms with Crippen LogP contribution in [0.1, 0.15) is 245 Å². The topological polar surface area (TPSA) is 78.9 Å². The third kappa shape index (κ3) is 42.8. The van der Waals surface area contributed by atoms with Crippen LogP contribution in [0, 0.1) is 0 Å². The van der Waals surface area contributed by atoms with E-state index in [-0.39, 0.29) is 31.1 Å². The molecule has 0 rings (SSSR count). The van der Waals surface area contributed by atoms with E-state index in [4.69, 9.17) is 14.2 Å². The Morgan fingerprint density at radius 2 is 0.661 bits per heavy atom. The lowest BCUT2D eigenvalue weighted by Crippen LogP contribution is -2.30. The Bertz CT molecular complexity index is 953. The van der Waals surface area contributed by atoms with Gasteiger partial charge in [0.2, 0.25) is 0 Å². The second-order valence-corrected chi connectivity index (χ2v) is 16.0. The highest BCUT2D eigenvalue weighted by molar-refractivity contribution is 5.71. The minimum atomic E-state index is -0.780. The lowest BCUT2D eigenvalue weighted by molar-refractivity contribution is -0.167. The number of esters is 3. The molecule has 0 radical (unpaired) electrons. The van der Waals surface area contributed by atoms with Gasteiger partial charge in [-0.05, 0) is 70.6 Å². The summed E-state index contributed by atoms with van der Waals surface area (Å²) < 4.78 is 16.7. The Hall–Kier alpha value is -2.37. The van der Waals surface area contributed by atoms with Gasteiger partial charge in [0, 0.05) is 19.3 Å². The van der Waals surface area contributed by atoms with Gasteiger partial charge in [0.05, 0.1) is 0 Å². The number of carbonyl (C=O) groups is 3. The van der Waals surface area contributed by atoms with E-state index in [2.05, 4.69) is 57.2 Å². The first kappa shape index (κ1) is 53.6. The summed E-state index contributed by atoms with van der Waals surface area (Å²) in [7, 11) is 0. The van der Waals surface area contributed by atoms with Gasteiger partial charge < -0.3 is 14.2 Å². The number of rotatable bonds is 43. The monoisotopic (exact) mass is 787 g/mol. The van der Waals surface area contributed by atoms with E-state index in [1.165, 1.54) is 135 Å². The molecule has 6 nitrogen and oxygen atoms in total. The van der Waals surface area contributed by atoms with E-state index in [9.17, 15) is 14.4 Å². The Balaban J connectivity index is 4.33. The van der Waals surface area contributed by atoms with E-state index >= 15 is 0 Å². The lowest BCUT2D eigenvalue weighted by Gasteiger charge is -2.18. The van der Waals surface area contributed by atoms with E-state index in [1.807, 2.05) is 0 Å². The Kier molecular flexibility index (Phi) is 43.4. The molecule has 1 atom stereocenters. The van der Waals surface area contributed by atoms with Crippen molar-refractivity contribution in [3.63, 3.8) is 0 Å². The summed E-state index contributed by atoms with van der Waals surface area (Å²) in [6.45, 7) is 6.55. The maximum absolute atomic E-state index is 12.7. The number of allylic oxidation sites excluding steroid dienone is 6. The fourth-order valence-corrected chi connectivity index (χ4v) is 6.71. The standard InChI is InChI=1S/C50H90O6/c1-4-7-10-13-16-19-21-23-24-25-26-27-29-31-34-37-40-43-49(52)55-46-47(45-54-48(51)42-39-36-33-30-18-15-12-9-6-3)56-50(53)44-41-38-35-32-28-22-20-17-14-11-8-5-2/h16,19,23-24,30,33,47H,4-15,17-18,20-22,25-29,31-32,34-46H2,1-3H3/b19-16-,24-23-,33-30-. The van der Waals surface area contributed by atoms with Crippen LogP contribution in [0.2, 0.25) is 0 Å². The van der Waals surface area contributed by atoms with Crippen molar-refractivity contribution in [2.45, 2.75) is 252 Å². The van der Waals surface area contributed by atoms with Crippen LogP contribution < -0.4 is 0 Å². The van der Waals surface area contributed by atoms with Crippen molar-refractivity contribution in [2.24, 2.45) is 0 Å². The van der Waals surface area contributed by atoms with Gasteiger partial charge in [-0.2, -0.15) is 0 Å². The number of carbonyl (C=O) groups excluding carboxylic acids is 3. The molecule has 0 aliphatic carbocycles. The molecule has 0 aliphatic rings. The number of unbranched alkanes of at least 4 members (excludes halogenated alkanes) is 26. The first-order valence-corrected chi connectivity index (χ1v) is 24.0. The molecule has 0 aliphatic heterocycles. The van der Waals surface area contributed by atoms with Crippen LogP contribution in [0.4, 0.5) is 0 Å². The molecule has 0 aromatic rings. The van der Waals surface area contributed by atoms with Crippen LogP contribution in [-0.4, -0.2) is 37.2 Å². The second-order valence-electron chi connectivity index (χ2n) is 16.0. The minimum absolute atomic E-state index is 0.0826. The molecule has 6 heteroatoms. The van der Waals surface area contributed by atoms with E-state index in [0.29, 0.717) is 19.3 Å². The van der Waals surface area contributed by atoms with Crippen molar-refractivity contribution >= 4 is 17.9 Å². The molecule has 0 spiro atoms. The third-order valence-corrected chi connectivity index (χ3v) is 10.4. The average molecular weight is 787 g/mol. The maximum Gasteiger partial charge on any atom is 0.306 e. The molecule has 0 heterocycles. The molecule has 0 N–H and O–H groups in total. The van der Waals surface area contributed by atoms with Crippen LogP contribution in [-0.2, 0) is 28.6 Å². The zero-order valence-corrected chi connectivity index (χ0v) is 37.2. The highest BCUT2D eigenvalue weighted by Crippen LogP contribution is 2.14. The summed E-state index contributed by atoms with van der Waals surface area (Å²) in [5, 5.41) is 0. The fraction of sp³-hybridized carbons (Fsp3) is 0.820. The Labute approximate surface area is 346 Å². The predicted molar refractivity (Wildman–Crippen MR) is 238 cm³/mol. The van der Waals surface area contributed by atoms with E-state index in [1.54, 1.807) is 0 Å². The van der Waals surface area contributed by atoms with Crippen molar-refractivity contribution in [1.82, 2.24) is 0 Å². The smallest absolute Gasteiger partial charge is 0.306 e. The predicted octanol–water partition coefficient (Wildman–Crippen LogP) is 15.4. The largest absolute Gasteiger partial charge is 0.462 e. The van der Waals surface area contributed by atoms with Gasteiger partial charge >= 0.3 is 17.9 Å². The minimum Gasteiger partial charge on any atom is -0.462 e. The SMILES string of the molecule is CCCCC/C=C\C/C=C\CCCCCCCCCC(=O)OCC(COC(=O)CCC/C=C\CCCCCC)OC(=O)CCCCCCCCCCCCCC. The zero-order valence-electron chi connectivity index (χ0n) is 37.2. The molecular formula is C50H90O6. The molecule has 0 saturated heterocycles. The highest BCUT2D eigenvalue weighted by atomic mass is 16.6. The fourth-order valence-electron chi connectivity index (χ4n) is 6.71. The number of hydrogen-bond donors (Lipinski definition) is 0. The summed E-state index contributed by atoms with van der Waals surface area (Å²) in [5.41, 5.74) is 0. The maximum atomic E-state index is 12.7. The summed E-state index contributed by atoms with van der Waals surface area (Å²) in [6.07, 6.45) is 51.3. The second kappa shape index (κ2) is 45.3. The number of hydrogen-bond acceptors (Lipinski definition) is 6. The van der Waals surface area contributed by atoms with Crippen LogP contribution >= 0.6 is 0 Å².